The molecule has 0 radical (unpaired) electrons. The van der Waals surface area contributed by atoms with Crippen LogP contribution in [0.15, 0.2) is 0 Å². The van der Waals surface area contributed by atoms with Crippen molar-refractivity contribution in [2.24, 2.45) is 0 Å². The van der Waals surface area contributed by atoms with Crippen LogP contribution in [0.5, 0.6) is 0 Å². The van der Waals surface area contributed by atoms with Crippen molar-refractivity contribution >= 4 is 0 Å². The number of aryl methyl sites for hydroxylation is 1. The fourth-order valence-electron chi connectivity index (χ4n) is 0.935. The monoisotopic (exact) mass is 150 g/mol. The van der Waals surface area contributed by atoms with Crippen LogP contribution in [0.1, 0.15) is 18.3 Å². The third kappa shape index (κ3) is 1.37. The SMILES string of the molecule is CCn1nnc(CC#N)c1C. The fourth-order valence-corrected chi connectivity index (χ4v) is 0.935. The Morgan fingerprint density at radius 3 is 2.82 bits per heavy atom. The number of aromatic nitrogens is 3. The van der Waals surface area contributed by atoms with E-state index in [1.54, 1.807) is 4.68 Å². The second-order valence-corrected chi connectivity index (χ2v) is 2.27. The number of nitriles is 1. The maximum absolute atomic E-state index is 8.40. The average molecular weight is 150 g/mol. The lowest BCUT2D eigenvalue weighted by Gasteiger charge is -1.95. The lowest BCUT2D eigenvalue weighted by atomic mass is 10.3. The van der Waals surface area contributed by atoms with Gasteiger partial charge in [-0.15, -0.1) is 5.10 Å². The maximum atomic E-state index is 8.40. The minimum absolute atomic E-state index is 0.353. The Balaban J connectivity index is 2.93. The third-order valence-electron chi connectivity index (χ3n) is 1.62. The van der Waals surface area contributed by atoms with Gasteiger partial charge in [-0.05, 0) is 13.8 Å². The molecule has 0 saturated heterocycles. The summed E-state index contributed by atoms with van der Waals surface area (Å²) in [4.78, 5) is 0. The summed E-state index contributed by atoms with van der Waals surface area (Å²) in [5.41, 5.74) is 1.78. The molecule has 1 aromatic rings. The fraction of sp³-hybridized carbons (Fsp3) is 0.571. The van der Waals surface area contributed by atoms with E-state index in [1.165, 1.54) is 0 Å². The summed E-state index contributed by atoms with van der Waals surface area (Å²) in [6.07, 6.45) is 0.353. The first-order valence-electron chi connectivity index (χ1n) is 3.55. The molecule has 0 aliphatic carbocycles. The number of hydrogen-bond donors (Lipinski definition) is 0. The van der Waals surface area contributed by atoms with Gasteiger partial charge in [0.15, 0.2) is 0 Å². The molecular formula is C7H10N4. The molecule has 0 aliphatic heterocycles. The quantitative estimate of drug-likeness (QED) is 0.622. The molecule has 0 unspecified atom stereocenters. The molecule has 11 heavy (non-hydrogen) atoms. The average Bonchev–Trinajstić information content (AvgIpc) is 2.34. The predicted molar refractivity (Wildman–Crippen MR) is 39.8 cm³/mol. The second kappa shape index (κ2) is 3.15. The van der Waals surface area contributed by atoms with Crippen LogP contribution in [0.3, 0.4) is 0 Å². The van der Waals surface area contributed by atoms with Gasteiger partial charge in [0, 0.05) is 6.54 Å². The van der Waals surface area contributed by atoms with Gasteiger partial charge >= 0.3 is 0 Å². The summed E-state index contributed by atoms with van der Waals surface area (Å²) in [6, 6.07) is 2.05. The Hall–Kier alpha value is -1.37. The van der Waals surface area contributed by atoms with Crippen LogP contribution >= 0.6 is 0 Å². The van der Waals surface area contributed by atoms with Crippen molar-refractivity contribution in [1.29, 1.82) is 5.26 Å². The van der Waals surface area contributed by atoms with Crippen molar-refractivity contribution in [3.05, 3.63) is 11.4 Å². The summed E-state index contributed by atoms with van der Waals surface area (Å²) in [5, 5.41) is 16.1. The van der Waals surface area contributed by atoms with Gasteiger partial charge in [0.2, 0.25) is 0 Å². The van der Waals surface area contributed by atoms with E-state index in [9.17, 15) is 0 Å². The Morgan fingerprint density at radius 1 is 1.64 bits per heavy atom. The highest BCUT2D eigenvalue weighted by Crippen LogP contribution is 2.02. The van der Waals surface area contributed by atoms with E-state index in [1.807, 2.05) is 19.9 Å². The van der Waals surface area contributed by atoms with Crippen molar-refractivity contribution in [1.82, 2.24) is 15.0 Å². The lowest BCUT2D eigenvalue weighted by molar-refractivity contribution is 0.611. The first kappa shape index (κ1) is 7.73. The first-order chi connectivity index (χ1) is 5.29. The van der Waals surface area contributed by atoms with Crippen LogP contribution in [0.25, 0.3) is 0 Å². The van der Waals surface area contributed by atoms with Crippen molar-refractivity contribution in [3.8, 4) is 6.07 Å². The highest BCUT2D eigenvalue weighted by molar-refractivity contribution is 5.11. The smallest absolute Gasteiger partial charge is 0.0996 e. The van der Waals surface area contributed by atoms with E-state index in [0.717, 1.165) is 17.9 Å². The van der Waals surface area contributed by atoms with Gasteiger partial charge in [-0.1, -0.05) is 5.21 Å². The van der Waals surface area contributed by atoms with Crippen LogP contribution in [0.2, 0.25) is 0 Å². The molecule has 0 aromatic carbocycles. The maximum Gasteiger partial charge on any atom is 0.0996 e. The number of hydrogen-bond acceptors (Lipinski definition) is 3. The van der Waals surface area contributed by atoms with Gasteiger partial charge in [0.05, 0.1) is 23.9 Å². The normalized spacial score (nSPS) is 9.55. The van der Waals surface area contributed by atoms with E-state index < -0.39 is 0 Å². The zero-order valence-corrected chi connectivity index (χ0v) is 6.70. The highest BCUT2D eigenvalue weighted by atomic mass is 15.4. The molecule has 1 rings (SSSR count). The molecule has 0 saturated carbocycles. The number of rotatable bonds is 2. The Bertz CT molecular complexity index is 281. The van der Waals surface area contributed by atoms with Crippen LogP contribution in [-0.4, -0.2) is 15.0 Å². The van der Waals surface area contributed by atoms with E-state index in [2.05, 4.69) is 10.3 Å². The molecule has 58 valence electrons. The molecule has 1 heterocycles. The summed E-state index contributed by atoms with van der Waals surface area (Å²) < 4.78 is 1.78. The molecule has 0 fully saturated rings. The molecule has 0 spiro atoms. The largest absolute Gasteiger partial charge is 0.250 e. The Kier molecular flexibility index (Phi) is 2.21. The molecule has 4 nitrogen and oxygen atoms in total. The zero-order valence-electron chi connectivity index (χ0n) is 6.70. The Morgan fingerprint density at radius 2 is 2.36 bits per heavy atom. The van der Waals surface area contributed by atoms with Crippen LogP contribution in [-0.2, 0) is 13.0 Å². The first-order valence-corrected chi connectivity index (χ1v) is 3.55. The van der Waals surface area contributed by atoms with E-state index in [0.29, 0.717) is 6.42 Å². The van der Waals surface area contributed by atoms with Gasteiger partial charge in [0.25, 0.3) is 0 Å². The molecule has 0 amide bonds. The van der Waals surface area contributed by atoms with Crippen molar-refractivity contribution < 1.29 is 0 Å². The molecule has 0 aliphatic rings. The zero-order chi connectivity index (χ0) is 8.27. The summed E-state index contributed by atoms with van der Waals surface area (Å²) in [6.45, 7) is 4.73. The van der Waals surface area contributed by atoms with Gasteiger partial charge in [-0.3, -0.25) is 0 Å². The summed E-state index contributed by atoms with van der Waals surface area (Å²) in [5.74, 6) is 0. The van der Waals surface area contributed by atoms with Crippen molar-refractivity contribution in [3.63, 3.8) is 0 Å². The minimum Gasteiger partial charge on any atom is -0.250 e. The van der Waals surface area contributed by atoms with Crippen LogP contribution in [0, 0.1) is 18.3 Å². The topological polar surface area (TPSA) is 54.5 Å². The van der Waals surface area contributed by atoms with Crippen LogP contribution < -0.4 is 0 Å². The van der Waals surface area contributed by atoms with Gasteiger partial charge in [-0.2, -0.15) is 5.26 Å². The van der Waals surface area contributed by atoms with Gasteiger partial charge < -0.3 is 0 Å². The summed E-state index contributed by atoms with van der Waals surface area (Å²) >= 11 is 0. The van der Waals surface area contributed by atoms with E-state index in [-0.39, 0.29) is 0 Å². The van der Waals surface area contributed by atoms with Gasteiger partial charge in [-0.25, -0.2) is 4.68 Å². The predicted octanol–water partition coefficient (Wildman–Crippen LogP) is 0.673. The summed E-state index contributed by atoms with van der Waals surface area (Å²) in [7, 11) is 0. The van der Waals surface area contributed by atoms with E-state index in [4.69, 9.17) is 5.26 Å². The van der Waals surface area contributed by atoms with Gasteiger partial charge in [0.1, 0.15) is 0 Å². The van der Waals surface area contributed by atoms with E-state index >= 15 is 0 Å². The minimum atomic E-state index is 0.353. The number of nitrogens with zero attached hydrogens (tertiary/aromatic N) is 4. The Labute approximate surface area is 65.4 Å². The third-order valence-corrected chi connectivity index (χ3v) is 1.62. The molecular weight excluding hydrogens is 140 g/mol. The molecule has 0 atom stereocenters. The highest BCUT2D eigenvalue weighted by Gasteiger charge is 2.04. The van der Waals surface area contributed by atoms with Crippen molar-refractivity contribution in [2.45, 2.75) is 26.8 Å². The second-order valence-electron chi connectivity index (χ2n) is 2.27. The molecule has 0 bridgehead atoms. The standard InChI is InChI=1S/C7H10N4/c1-3-11-6(2)7(4-5-8)9-10-11/h3-4H2,1-2H3. The van der Waals surface area contributed by atoms with Crippen molar-refractivity contribution in [2.75, 3.05) is 0 Å². The van der Waals surface area contributed by atoms with Crippen LogP contribution in [0.4, 0.5) is 0 Å². The molecule has 0 N–H and O–H groups in total. The molecule has 1 aromatic heterocycles. The lowest BCUT2D eigenvalue weighted by Crippen LogP contribution is -1.99. The molecule has 4 heteroatoms.